The number of nitrogens with one attached hydrogen (secondary N) is 1. The van der Waals surface area contributed by atoms with Crippen molar-refractivity contribution >= 4 is 32.2 Å². The second-order valence-electron chi connectivity index (χ2n) is 6.26. The third-order valence-corrected chi connectivity index (χ3v) is 5.58. The lowest BCUT2D eigenvalue weighted by Crippen LogP contribution is -2.13. The Morgan fingerprint density at radius 1 is 0.923 bits per heavy atom. The molecule has 0 atom stereocenters. The van der Waals surface area contributed by atoms with Crippen LogP contribution >= 0.6 is 0 Å². The molecule has 0 fully saturated rings. The SMILES string of the molecule is CC(C)c1ccc(S(=O)(=O)Nc2cccc3c([N+](=O)[O-])cccc23)cc1. The monoisotopic (exact) mass is 370 g/mol. The largest absolute Gasteiger partial charge is 0.279 e. The van der Waals surface area contributed by atoms with Gasteiger partial charge in [-0.15, -0.1) is 0 Å². The first-order valence-corrected chi connectivity index (χ1v) is 9.57. The molecule has 26 heavy (non-hydrogen) atoms. The van der Waals surface area contributed by atoms with E-state index in [0.717, 1.165) is 5.56 Å². The molecule has 0 amide bonds. The highest BCUT2D eigenvalue weighted by molar-refractivity contribution is 7.92. The number of anilines is 1. The maximum atomic E-state index is 12.7. The van der Waals surface area contributed by atoms with E-state index in [1.54, 1.807) is 48.5 Å². The summed E-state index contributed by atoms with van der Waals surface area (Å²) in [6.45, 7) is 4.07. The number of nitrogens with zero attached hydrogens (tertiary/aromatic N) is 1. The Bertz CT molecular complexity index is 1070. The van der Waals surface area contributed by atoms with Gasteiger partial charge in [0.15, 0.2) is 0 Å². The summed E-state index contributed by atoms with van der Waals surface area (Å²) in [5, 5.41) is 12.0. The number of nitro benzene ring substituents is 1. The van der Waals surface area contributed by atoms with Gasteiger partial charge in [0.2, 0.25) is 0 Å². The number of nitro groups is 1. The number of hydrogen-bond acceptors (Lipinski definition) is 4. The lowest BCUT2D eigenvalue weighted by molar-refractivity contribution is -0.383. The molecule has 3 aromatic carbocycles. The van der Waals surface area contributed by atoms with E-state index in [4.69, 9.17) is 0 Å². The van der Waals surface area contributed by atoms with Gasteiger partial charge in [-0.1, -0.05) is 44.2 Å². The van der Waals surface area contributed by atoms with Gasteiger partial charge < -0.3 is 0 Å². The molecule has 1 N–H and O–H groups in total. The summed E-state index contributed by atoms with van der Waals surface area (Å²) >= 11 is 0. The van der Waals surface area contributed by atoms with E-state index in [2.05, 4.69) is 4.72 Å². The Labute approximate surface area is 151 Å². The molecule has 0 unspecified atom stereocenters. The van der Waals surface area contributed by atoms with Crippen LogP contribution in [-0.4, -0.2) is 13.3 Å². The maximum absolute atomic E-state index is 12.7. The van der Waals surface area contributed by atoms with E-state index in [0.29, 0.717) is 22.4 Å². The summed E-state index contributed by atoms with van der Waals surface area (Å²) in [5.74, 6) is 0.304. The zero-order valence-electron chi connectivity index (χ0n) is 14.3. The summed E-state index contributed by atoms with van der Waals surface area (Å²) < 4.78 is 27.9. The van der Waals surface area contributed by atoms with Crippen LogP contribution in [0.3, 0.4) is 0 Å². The van der Waals surface area contributed by atoms with Crippen LogP contribution in [0.4, 0.5) is 11.4 Å². The molecule has 3 rings (SSSR count). The first-order valence-electron chi connectivity index (χ1n) is 8.08. The van der Waals surface area contributed by atoms with E-state index < -0.39 is 14.9 Å². The highest BCUT2D eigenvalue weighted by atomic mass is 32.2. The summed E-state index contributed by atoms with van der Waals surface area (Å²) in [6, 6.07) is 16.1. The van der Waals surface area contributed by atoms with Gasteiger partial charge in [-0.2, -0.15) is 0 Å². The first kappa shape index (κ1) is 17.9. The van der Waals surface area contributed by atoms with Crippen LogP contribution in [-0.2, 0) is 10.0 Å². The second kappa shape index (κ2) is 6.76. The van der Waals surface area contributed by atoms with Gasteiger partial charge in [0.05, 0.1) is 20.9 Å². The van der Waals surface area contributed by atoms with Crippen LogP contribution in [0.1, 0.15) is 25.3 Å². The third kappa shape index (κ3) is 3.39. The zero-order valence-corrected chi connectivity index (χ0v) is 15.2. The lowest BCUT2D eigenvalue weighted by atomic mass is 10.0. The Kier molecular flexibility index (Phi) is 4.65. The highest BCUT2D eigenvalue weighted by Crippen LogP contribution is 2.31. The van der Waals surface area contributed by atoms with E-state index >= 15 is 0 Å². The van der Waals surface area contributed by atoms with Crippen molar-refractivity contribution in [3.63, 3.8) is 0 Å². The van der Waals surface area contributed by atoms with E-state index in [1.807, 2.05) is 13.8 Å². The molecule has 0 saturated carbocycles. The first-order chi connectivity index (χ1) is 12.3. The third-order valence-electron chi connectivity index (χ3n) is 4.20. The lowest BCUT2D eigenvalue weighted by Gasteiger charge is -2.12. The fourth-order valence-corrected chi connectivity index (χ4v) is 3.86. The van der Waals surface area contributed by atoms with Crippen molar-refractivity contribution < 1.29 is 13.3 Å². The van der Waals surface area contributed by atoms with E-state index in [-0.39, 0.29) is 10.6 Å². The second-order valence-corrected chi connectivity index (χ2v) is 7.95. The minimum absolute atomic E-state index is 0.0650. The fourth-order valence-electron chi connectivity index (χ4n) is 2.78. The minimum atomic E-state index is -3.80. The molecule has 0 radical (unpaired) electrons. The summed E-state index contributed by atoms with van der Waals surface area (Å²) in [7, 11) is -3.80. The molecule has 0 heterocycles. The predicted octanol–water partition coefficient (Wildman–Crippen LogP) is 4.67. The van der Waals surface area contributed by atoms with Crippen molar-refractivity contribution in [2.75, 3.05) is 4.72 Å². The van der Waals surface area contributed by atoms with Crippen LogP contribution in [0.5, 0.6) is 0 Å². The van der Waals surface area contributed by atoms with Crippen LogP contribution in [0.2, 0.25) is 0 Å². The average Bonchev–Trinajstić information content (AvgIpc) is 2.61. The van der Waals surface area contributed by atoms with Crippen molar-refractivity contribution in [2.24, 2.45) is 0 Å². The van der Waals surface area contributed by atoms with Crippen molar-refractivity contribution in [2.45, 2.75) is 24.7 Å². The zero-order chi connectivity index (χ0) is 18.9. The standard InChI is InChI=1S/C19H18N2O4S/c1-13(2)14-9-11-15(12-10-14)26(24,25)20-18-7-3-6-17-16(18)5-4-8-19(17)21(22)23/h3-13,20H,1-2H3. The predicted molar refractivity (Wildman–Crippen MR) is 102 cm³/mol. The van der Waals surface area contributed by atoms with Crippen molar-refractivity contribution in [1.82, 2.24) is 0 Å². The number of sulfonamides is 1. The topological polar surface area (TPSA) is 89.3 Å². The Morgan fingerprint density at radius 3 is 2.15 bits per heavy atom. The van der Waals surface area contributed by atoms with Gasteiger partial charge in [0.1, 0.15) is 0 Å². The molecule has 6 nitrogen and oxygen atoms in total. The van der Waals surface area contributed by atoms with Crippen molar-refractivity contribution in [1.29, 1.82) is 0 Å². The summed E-state index contributed by atoms with van der Waals surface area (Å²) in [5.41, 5.74) is 1.29. The average molecular weight is 370 g/mol. The van der Waals surface area contributed by atoms with Gasteiger partial charge in [0, 0.05) is 11.5 Å². The molecule has 0 aliphatic carbocycles. The van der Waals surface area contributed by atoms with Gasteiger partial charge in [0.25, 0.3) is 15.7 Å². The molecule has 0 bridgehead atoms. The molecule has 0 aliphatic heterocycles. The number of rotatable bonds is 5. The van der Waals surface area contributed by atoms with Gasteiger partial charge in [-0.05, 0) is 35.7 Å². The number of non-ortho nitro benzene ring substituents is 1. The highest BCUT2D eigenvalue weighted by Gasteiger charge is 2.18. The molecule has 0 saturated heterocycles. The van der Waals surface area contributed by atoms with Crippen LogP contribution in [0, 0.1) is 10.1 Å². The van der Waals surface area contributed by atoms with E-state index in [9.17, 15) is 18.5 Å². The Hall–Kier alpha value is -2.93. The van der Waals surface area contributed by atoms with Gasteiger partial charge in [-0.3, -0.25) is 14.8 Å². The molecular formula is C19H18N2O4S. The quantitative estimate of drug-likeness (QED) is 0.522. The summed E-state index contributed by atoms with van der Waals surface area (Å²) in [6.07, 6.45) is 0. The number of fused-ring (bicyclic) bond motifs is 1. The molecule has 134 valence electrons. The molecule has 0 spiro atoms. The number of benzene rings is 3. The molecule has 0 aliphatic rings. The van der Waals surface area contributed by atoms with Crippen LogP contribution < -0.4 is 4.72 Å². The molecule has 3 aromatic rings. The molecule has 0 aromatic heterocycles. The number of hydrogen-bond donors (Lipinski definition) is 1. The summed E-state index contributed by atoms with van der Waals surface area (Å²) in [4.78, 5) is 10.8. The van der Waals surface area contributed by atoms with Crippen molar-refractivity contribution in [3.8, 4) is 0 Å². The van der Waals surface area contributed by atoms with Crippen molar-refractivity contribution in [3.05, 3.63) is 76.3 Å². The fraction of sp³-hybridized carbons (Fsp3) is 0.158. The van der Waals surface area contributed by atoms with Gasteiger partial charge >= 0.3 is 0 Å². The minimum Gasteiger partial charge on any atom is -0.279 e. The Morgan fingerprint density at radius 2 is 1.54 bits per heavy atom. The van der Waals surface area contributed by atoms with Crippen LogP contribution in [0.15, 0.2) is 65.6 Å². The van der Waals surface area contributed by atoms with Crippen LogP contribution in [0.25, 0.3) is 10.8 Å². The van der Waals surface area contributed by atoms with E-state index in [1.165, 1.54) is 12.1 Å². The molecule has 7 heteroatoms. The smallest absolute Gasteiger partial charge is 0.277 e. The normalized spacial score (nSPS) is 11.7. The maximum Gasteiger partial charge on any atom is 0.277 e. The van der Waals surface area contributed by atoms with Gasteiger partial charge in [-0.25, -0.2) is 8.42 Å². The Balaban J connectivity index is 2.02. The molecular weight excluding hydrogens is 352 g/mol.